The molecule has 3 rings (SSSR count). The molecule has 0 saturated carbocycles. The number of halogens is 1. The lowest BCUT2D eigenvalue weighted by Crippen LogP contribution is -2.35. The molecule has 5 heteroatoms. The van der Waals surface area contributed by atoms with Crippen LogP contribution in [0.5, 0.6) is 0 Å². The van der Waals surface area contributed by atoms with E-state index in [-0.39, 0.29) is 18.5 Å². The molecule has 1 atom stereocenters. The number of carbonyl (C=O) groups excluding carboxylic acids is 1. The lowest BCUT2D eigenvalue weighted by atomic mass is 10.1. The topological polar surface area (TPSA) is 41.1 Å². The van der Waals surface area contributed by atoms with Gasteiger partial charge in [-0.1, -0.05) is 66.2 Å². The number of thiophene rings is 1. The molecular formula is C20H19ClN2OS. The zero-order chi connectivity index (χ0) is 17.5. The molecule has 0 unspecified atom stereocenters. The number of benzene rings is 2. The second-order valence-corrected chi connectivity index (χ2v) is 6.99. The Hall–Kier alpha value is -2.14. The summed E-state index contributed by atoms with van der Waals surface area (Å²) in [5, 5.41) is 8.97. The van der Waals surface area contributed by atoms with Crippen LogP contribution in [0.1, 0.15) is 22.0 Å². The normalized spacial score (nSPS) is 11.9. The van der Waals surface area contributed by atoms with Gasteiger partial charge in [0.2, 0.25) is 5.91 Å². The number of amides is 1. The van der Waals surface area contributed by atoms with Gasteiger partial charge in [0.05, 0.1) is 12.6 Å². The van der Waals surface area contributed by atoms with E-state index in [1.807, 2.05) is 53.9 Å². The van der Waals surface area contributed by atoms with Crippen molar-refractivity contribution >= 4 is 28.8 Å². The van der Waals surface area contributed by atoms with Gasteiger partial charge in [-0.25, -0.2) is 0 Å². The summed E-state index contributed by atoms with van der Waals surface area (Å²) >= 11 is 7.80. The summed E-state index contributed by atoms with van der Waals surface area (Å²) in [6, 6.07) is 21.8. The fourth-order valence-corrected chi connectivity index (χ4v) is 3.61. The smallest absolute Gasteiger partial charge is 0.234 e. The number of rotatable bonds is 7. The van der Waals surface area contributed by atoms with Gasteiger partial charge in [0.15, 0.2) is 0 Å². The molecule has 3 aromatic rings. The SMILES string of the molecule is O=C(CN[C@@H](c1ccccc1)c1cccs1)NCc1ccccc1Cl. The Kier molecular flexibility index (Phi) is 6.23. The molecular weight excluding hydrogens is 352 g/mol. The predicted molar refractivity (Wildman–Crippen MR) is 104 cm³/mol. The molecule has 0 radical (unpaired) electrons. The molecule has 1 heterocycles. The number of hydrogen-bond donors (Lipinski definition) is 2. The van der Waals surface area contributed by atoms with Crippen molar-refractivity contribution < 1.29 is 4.79 Å². The molecule has 0 spiro atoms. The Morgan fingerprint density at radius 3 is 2.48 bits per heavy atom. The largest absolute Gasteiger partial charge is 0.351 e. The standard InChI is InChI=1S/C20H19ClN2OS/c21-17-10-5-4-9-16(17)13-22-19(24)14-23-20(18-11-6-12-25-18)15-7-2-1-3-8-15/h1-12,20,23H,13-14H2,(H,22,24)/t20-/m0/s1. The molecule has 25 heavy (non-hydrogen) atoms. The van der Waals surface area contributed by atoms with E-state index in [0.29, 0.717) is 11.6 Å². The minimum atomic E-state index is -0.0580. The van der Waals surface area contributed by atoms with E-state index in [1.165, 1.54) is 4.88 Å². The van der Waals surface area contributed by atoms with Crippen LogP contribution in [-0.2, 0) is 11.3 Å². The highest BCUT2D eigenvalue weighted by Crippen LogP contribution is 2.25. The van der Waals surface area contributed by atoms with Crippen molar-refractivity contribution in [3.63, 3.8) is 0 Å². The Bertz CT molecular complexity index is 806. The molecule has 0 aliphatic rings. The molecule has 0 fully saturated rings. The summed E-state index contributed by atoms with van der Waals surface area (Å²) in [7, 11) is 0. The summed E-state index contributed by atoms with van der Waals surface area (Å²) in [6.45, 7) is 0.664. The van der Waals surface area contributed by atoms with Crippen molar-refractivity contribution in [1.82, 2.24) is 10.6 Å². The van der Waals surface area contributed by atoms with Crippen molar-refractivity contribution in [3.05, 3.63) is 93.1 Å². The monoisotopic (exact) mass is 370 g/mol. The molecule has 2 aromatic carbocycles. The van der Waals surface area contributed by atoms with E-state index < -0.39 is 0 Å². The highest BCUT2D eigenvalue weighted by molar-refractivity contribution is 7.10. The van der Waals surface area contributed by atoms with Crippen molar-refractivity contribution in [2.45, 2.75) is 12.6 Å². The van der Waals surface area contributed by atoms with Crippen LogP contribution >= 0.6 is 22.9 Å². The molecule has 0 aliphatic carbocycles. The minimum absolute atomic E-state index is 0.00673. The van der Waals surface area contributed by atoms with Gasteiger partial charge in [-0.15, -0.1) is 11.3 Å². The lowest BCUT2D eigenvalue weighted by molar-refractivity contribution is -0.120. The van der Waals surface area contributed by atoms with Gasteiger partial charge in [-0.2, -0.15) is 0 Å². The molecule has 3 nitrogen and oxygen atoms in total. The van der Waals surface area contributed by atoms with Crippen molar-refractivity contribution in [1.29, 1.82) is 0 Å². The first-order valence-corrected chi connectivity index (χ1v) is 9.31. The van der Waals surface area contributed by atoms with Gasteiger partial charge in [-0.3, -0.25) is 10.1 Å². The van der Waals surface area contributed by atoms with E-state index >= 15 is 0 Å². The molecule has 1 aromatic heterocycles. The second-order valence-electron chi connectivity index (χ2n) is 5.61. The average molecular weight is 371 g/mol. The summed E-state index contributed by atoms with van der Waals surface area (Å²) in [5.74, 6) is -0.0580. The van der Waals surface area contributed by atoms with Gasteiger partial charge in [0.1, 0.15) is 0 Å². The Morgan fingerprint density at radius 1 is 1.00 bits per heavy atom. The Balaban J connectivity index is 1.60. The van der Waals surface area contributed by atoms with Gasteiger partial charge in [0, 0.05) is 16.4 Å². The molecule has 1 amide bonds. The van der Waals surface area contributed by atoms with Crippen LogP contribution in [0.4, 0.5) is 0 Å². The summed E-state index contributed by atoms with van der Waals surface area (Å²) in [5.41, 5.74) is 2.05. The third-order valence-electron chi connectivity index (χ3n) is 3.86. The molecule has 0 aliphatic heterocycles. The number of nitrogens with one attached hydrogen (secondary N) is 2. The zero-order valence-electron chi connectivity index (χ0n) is 13.6. The lowest BCUT2D eigenvalue weighted by Gasteiger charge is -2.18. The van der Waals surface area contributed by atoms with Crippen LogP contribution in [0.25, 0.3) is 0 Å². The van der Waals surface area contributed by atoms with E-state index in [4.69, 9.17) is 11.6 Å². The first-order chi connectivity index (χ1) is 12.2. The van der Waals surface area contributed by atoms with Crippen LogP contribution in [0.15, 0.2) is 72.1 Å². The van der Waals surface area contributed by atoms with Gasteiger partial charge in [-0.05, 0) is 28.6 Å². The van der Waals surface area contributed by atoms with E-state index in [9.17, 15) is 4.79 Å². The summed E-state index contributed by atoms with van der Waals surface area (Å²) in [4.78, 5) is 13.4. The number of hydrogen-bond acceptors (Lipinski definition) is 3. The molecule has 0 bridgehead atoms. The third-order valence-corrected chi connectivity index (χ3v) is 5.17. The molecule has 128 valence electrons. The fraction of sp³-hybridized carbons (Fsp3) is 0.150. The predicted octanol–water partition coefficient (Wildman–Crippen LogP) is 4.40. The number of carbonyl (C=O) groups is 1. The maximum atomic E-state index is 12.2. The quantitative estimate of drug-likeness (QED) is 0.647. The van der Waals surface area contributed by atoms with Gasteiger partial charge in [0.25, 0.3) is 0 Å². The van der Waals surface area contributed by atoms with Crippen molar-refractivity contribution in [2.75, 3.05) is 6.54 Å². The van der Waals surface area contributed by atoms with Crippen molar-refractivity contribution in [3.8, 4) is 0 Å². The summed E-state index contributed by atoms with van der Waals surface area (Å²) < 4.78 is 0. The third kappa shape index (κ3) is 4.92. The maximum absolute atomic E-state index is 12.2. The van der Waals surface area contributed by atoms with Crippen LogP contribution < -0.4 is 10.6 Å². The molecule has 2 N–H and O–H groups in total. The van der Waals surface area contributed by atoms with E-state index in [1.54, 1.807) is 11.3 Å². The van der Waals surface area contributed by atoms with E-state index in [2.05, 4.69) is 28.8 Å². The maximum Gasteiger partial charge on any atom is 0.234 e. The average Bonchev–Trinajstić information content (AvgIpc) is 3.16. The van der Waals surface area contributed by atoms with Crippen LogP contribution in [0, 0.1) is 0 Å². The van der Waals surface area contributed by atoms with Gasteiger partial charge >= 0.3 is 0 Å². The first kappa shape index (κ1) is 17.7. The Labute approximate surface area is 156 Å². The zero-order valence-corrected chi connectivity index (χ0v) is 15.2. The van der Waals surface area contributed by atoms with Crippen molar-refractivity contribution in [2.24, 2.45) is 0 Å². The minimum Gasteiger partial charge on any atom is -0.351 e. The van der Waals surface area contributed by atoms with Crippen LogP contribution in [0.3, 0.4) is 0 Å². The Morgan fingerprint density at radius 2 is 1.76 bits per heavy atom. The first-order valence-electron chi connectivity index (χ1n) is 8.06. The summed E-state index contributed by atoms with van der Waals surface area (Å²) in [6.07, 6.45) is 0. The molecule has 0 saturated heterocycles. The van der Waals surface area contributed by atoms with Crippen LogP contribution in [-0.4, -0.2) is 12.5 Å². The van der Waals surface area contributed by atoms with Gasteiger partial charge < -0.3 is 5.32 Å². The fourth-order valence-electron chi connectivity index (χ4n) is 2.58. The van der Waals surface area contributed by atoms with E-state index in [0.717, 1.165) is 11.1 Å². The highest BCUT2D eigenvalue weighted by atomic mass is 35.5. The van der Waals surface area contributed by atoms with Crippen LogP contribution in [0.2, 0.25) is 5.02 Å². The second kappa shape index (κ2) is 8.81. The highest BCUT2D eigenvalue weighted by Gasteiger charge is 2.15.